The number of nitrogens with one attached hydrogen (secondary N) is 2. The van der Waals surface area contributed by atoms with Crippen LogP contribution in [0.3, 0.4) is 0 Å². The summed E-state index contributed by atoms with van der Waals surface area (Å²) in [6.07, 6.45) is 4.36. The van der Waals surface area contributed by atoms with Gasteiger partial charge in [0.1, 0.15) is 6.04 Å². The van der Waals surface area contributed by atoms with E-state index in [0.29, 0.717) is 11.5 Å². The van der Waals surface area contributed by atoms with Crippen LogP contribution in [-0.2, 0) is 11.3 Å². The van der Waals surface area contributed by atoms with E-state index < -0.39 is 0 Å². The van der Waals surface area contributed by atoms with Gasteiger partial charge in [-0.05, 0) is 74.1 Å². The highest BCUT2D eigenvalue weighted by Gasteiger charge is 2.42. The van der Waals surface area contributed by atoms with Crippen LogP contribution >= 0.6 is 12.2 Å². The molecule has 3 heterocycles. The van der Waals surface area contributed by atoms with Gasteiger partial charge in [-0.15, -0.1) is 0 Å². The maximum atomic E-state index is 11.8. The molecule has 31 heavy (non-hydrogen) atoms. The minimum Gasteiger partial charge on any atom is -0.351 e. The van der Waals surface area contributed by atoms with E-state index in [9.17, 15) is 4.79 Å². The maximum Gasteiger partial charge on any atom is 0.224 e. The Labute approximate surface area is 188 Å². The topological polar surface area (TPSA) is 62.2 Å². The van der Waals surface area contributed by atoms with Crippen molar-refractivity contribution in [3.8, 4) is 0 Å². The number of amides is 1. The molecule has 0 aliphatic carbocycles. The average Bonchev–Trinajstić information content (AvgIpc) is 3.39. The second kappa shape index (κ2) is 8.89. The summed E-state index contributed by atoms with van der Waals surface area (Å²) in [5.41, 5.74) is 4.92. The minimum atomic E-state index is -0.0753. The number of benzene rings is 1. The monoisotopic (exact) mass is 433 g/mol. The van der Waals surface area contributed by atoms with Crippen LogP contribution < -0.4 is 15.5 Å². The lowest BCUT2D eigenvalue weighted by atomic mass is 10.0. The van der Waals surface area contributed by atoms with E-state index in [1.807, 2.05) is 50.4 Å². The molecule has 4 rings (SSSR count). The van der Waals surface area contributed by atoms with E-state index in [2.05, 4.69) is 56.4 Å². The molecule has 1 saturated heterocycles. The van der Waals surface area contributed by atoms with Gasteiger partial charge in [0.05, 0.1) is 11.7 Å². The molecule has 1 aromatic carbocycles. The van der Waals surface area contributed by atoms with Crippen LogP contribution in [0, 0.1) is 6.92 Å². The van der Waals surface area contributed by atoms with Gasteiger partial charge < -0.3 is 20.1 Å². The molecule has 2 N–H and O–H groups in total. The van der Waals surface area contributed by atoms with Crippen LogP contribution in [0.1, 0.15) is 49.3 Å². The fourth-order valence-corrected chi connectivity index (χ4v) is 4.44. The molecule has 160 valence electrons. The van der Waals surface area contributed by atoms with Gasteiger partial charge >= 0.3 is 0 Å². The summed E-state index contributed by atoms with van der Waals surface area (Å²) in [4.78, 5) is 18.6. The van der Waals surface area contributed by atoms with E-state index in [1.165, 1.54) is 5.69 Å². The quantitative estimate of drug-likeness (QED) is 0.550. The molecular weight excluding hydrogens is 406 g/mol. The summed E-state index contributed by atoms with van der Waals surface area (Å²) in [6.45, 7) is 6.86. The molecule has 3 aromatic rings. The van der Waals surface area contributed by atoms with Gasteiger partial charge in [-0.1, -0.05) is 13.0 Å². The SMILES string of the molecule is CCC(=O)Nc1ccc(N2C(=S)N[C@H](c3ccccn3)[C@@H]2c2cccn2CC)cc1C. The molecular formula is C24H27N5OS. The van der Waals surface area contributed by atoms with Crippen molar-refractivity contribution >= 4 is 34.6 Å². The highest BCUT2D eigenvalue weighted by atomic mass is 32.1. The number of aromatic nitrogens is 2. The molecule has 0 unspecified atom stereocenters. The molecule has 6 nitrogen and oxygen atoms in total. The van der Waals surface area contributed by atoms with Gasteiger partial charge in [-0.25, -0.2) is 0 Å². The molecule has 0 bridgehead atoms. The van der Waals surface area contributed by atoms with Crippen molar-refractivity contribution in [2.24, 2.45) is 0 Å². The summed E-state index contributed by atoms with van der Waals surface area (Å²) < 4.78 is 2.24. The fourth-order valence-electron chi connectivity index (χ4n) is 4.09. The van der Waals surface area contributed by atoms with E-state index in [-0.39, 0.29) is 18.0 Å². The Morgan fingerprint density at radius 3 is 2.71 bits per heavy atom. The first-order valence-electron chi connectivity index (χ1n) is 10.6. The number of rotatable bonds is 6. The van der Waals surface area contributed by atoms with Crippen molar-refractivity contribution in [1.29, 1.82) is 0 Å². The van der Waals surface area contributed by atoms with Gasteiger partial charge in [-0.2, -0.15) is 0 Å². The first kappa shape index (κ1) is 21.1. The summed E-state index contributed by atoms with van der Waals surface area (Å²) in [7, 11) is 0. The first-order valence-corrected chi connectivity index (χ1v) is 11.0. The Bertz CT molecular complexity index is 1090. The number of carbonyl (C=O) groups excluding carboxylic acids is 1. The van der Waals surface area contributed by atoms with Crippen molar-refractivity contribution in [2.45, 2.75) is 45.8 Å². The van der Waals surface area contributed by atoms with Crippen LogP contribution in [0.4, 0.5) is 11.4 Å². The Balaban J connectivity index is 1.77. The van der Waals surface area contributed by atoms with Crippen LogP contribution in [-0.4, -0.2) is 20.6 Å². The lowest BCUT2D eigenvalue weighted by molar-refractivity contribution is -0.115. The van der Waals surface area contributed by atoms with E-state index in [0.717, 1.165) is 29.2 Å². The molecule has 2 atom stereocenters. The van der Waals surface area contributed by atoms with Gasteiger partial charge in [0.25, 0.3) is 0 Å². The van der Waals surface area contributed by atoms with Crippen LogP contribution in [0.15, 0.2) is 60.9 Å². The number of aryl methyl sites for hydroxylation is 2. The normalized spacial score (nSPS) is 18.2. The number of pyridine rings is 1. The zero-order valence-corrected chi connectivity index (χ0v) is 18.8. The third kappa shape index (κ3) is 4.05. The Morgan fingerprint density at radius 1 is 1.19 bits per heavy atom. The molecule has 0 spiro atoms. The highest BCUT2D eigenvalue weighted by Crippen LogP contribution is 2.42. The van der Waals surface area contributed by atoms with Crippen LogP contribution in [0.25, 0.3) is 0 Å². The maximum absolute atomic E-state index is 11.8. The number of hydrogen-bond acceptors (Lipinski definition) is 3. The lowest BCUT2D eigenvalue weighted by Crippen LogP contribution is -2.30. The standard InChI is InChI=1S/C24H27N5OS/c1-4-21(30)26-18-12-11-17(15-16(18)3)29-23(20-10-8-14-28(20)5-2)22(27-24(29)31)19-9-6-7-13-25-19/h6-15,22-23H,4-5H2,1-3H3,(H,26,30)(H,27,31)/t22-,23+/m1/s1. The Kier molecular flexibility index (Phi) is 6.04. The van der Waals surface area contributed by atoms with Crippen molar-refractivity contribution in [2.75, 3.05) is 10.2 Å². The molecule has 1 aliphatic heterocycles. The summed E-state index contributed by atoms with van der Waals surface area (Å²) in [5.74, 6) is 0.00285. The van der Waals surface area contributed by atoms with Crippen molar-refractivity contribution in [3.05, 3.63) is 77.9 Å². The van der Waals surface area contributed by atoms with E-state index >= 15 is 0 Å². The molecule has 1 amide bonds. The average molecular weight is 434 g/mol. The highest BCUT2D eigenvalue weighted by molar-refractivity contribution is 7.80. The number of anilines is 2. The minimum absolute atomic E-state index is 0.00285. The van der Waals surface area contributed by atoms with E-state index in [4.69, 9.17) is 12.2 Å². The third-order valence-corrected chi connectivity index (χ3v) is 6.00. The Hall–Kier alpha value is -3.19. The second-order valence-corrected chi connectivity index (χ2v) is 8.00. The van der Waals surface area contributed by atoms with Crippen LogP contribution in [0.5, 0.6) is 0 Å². The largest absolute Gasteiger partial charge is 0.351 e. The predicted molar refractivity (Wildman–Crippen MR) is 128 cm³/mol. The molecule has 0 saturated carbocycles. The first-order chi connectivity index (χ1) is 15.0. The summed E-state index contributed by atoms with van der Waals surface area (Å²) in [6, 6.07) is 16.1. The predicted octanol–water partition coefficient (Wildman–Crippen LogP) is 4.74. The third-order valence-electron chi connectivity index (χ3n) is 5.69. The van der Waals surface area contributed by atoms with Crippen molar-refractivity contribution in [1.82, 2.24) is 14.9 Å². The number of nitrogens with zero attached hydrogens (tertiary/aromatic N) is 3. The molecule has 1 fully saturated rings. The molecule has 2 aromatic heterocycles. The van der Waals surface area contributed by atoms with Gasteiger partial charge in [0.15, 0.2) is 5.11 Å². The smallest absolute Gasteiger partial charge is 0.224 e. The number of thiocarbonyl (C=S) groups is 1. The zero-order valence-electron chi connectivity index (χ0n) is 18.0. The van der Waals surface area contributed by atoms with Crippen molar-refractivity contribution < 1.29 is 4.79 Å². The number of hydrogen-bond donors (Lipinski definition) is 2. The molecule has 7 heteroatoms. The van der Waals surface area contributed by atoms with Gasteiger partial charge in [0.2, 0.25) is 5.91 Å². The van der Waals surface area contributed by atoms with Crippen molar-refractivity contribution in [3.63, 3.8) is 0 Å². The second-order valence-electron chi connectivity index (χ2n) is 7.62. The Morgan fingerprint density at radius 2 is 2.03 bits per heavy atom. The zero-order chi connectivity index (χ0) is 22.0. The summed E-state index contributed by atoms with van der Waals surface area (Å²) >= 11 is 5.80. The van der Waals surface area contributed by atoms with E-state index in [1.54, 1.807) is 0 Å². The molecule has 0 radical (unpaired) electrons. The number of carbonyl (C=O) groups is 1. The lowest BCUT2D eigenvalue weighted by Gasteiger charge is -2.29. The fraction of sp³-hybridized carbons (Fsp3) is 0.292. The summed E-state index contributed by atoms with van der Waals surface area (Å²) in [5, 5.41) is 7.12. The van der Waals surface area contributed by atoms with Gasteiger partial charge in [0, 0.05) is 42.4 Å². The molecule has 1 aliphatic rings. The van der Waals surface area contributed by atoms with Crippen LogP contribution in [0.2, 0.25) is 0 Å². The van der Waals surface area contributed by atoms with Gasteiger partial charge in [-0.3, -0.25) is 9.78 Å².